The van der Waals surface area contributed by atoms with Gasteiger partial charge >= 0.3 is 0 Å². The van der Waals surface area contributed by atoms with E-state index in [9.17, 15) is 13.2 Å². The number of anilines is 1. The molecule has 0 spiro atoms. The highest BCUT2D eigenvalue weighted by atomic mass is 32.2. The van der Waals surface area contributed by atoms with Crippen molar-refractivity contribution in [2.45, 2.75) is 31.1 Å². The molecular weight excluding hydrogens is 416 g/mol. The molecular formula is C23H30N2O5S. The Labute approximate surface area is 184 Å². The first-order chi connectivity index (χ1) is 14.9. The Morgan fingerprint density at radius 1 is 1.16 bits per heavy atom. The topological polar surface area (TPSA) is 84.9 Å². The van der Waals surface area contributed by atoms with E-state index in [4.69, 9.17) is 9.47 Å². The van der Waals surface area contributed by atoms with E-state index in [0.717, 1.165) is 12.0 Å². The van der Waals surface area contributed by atoms with Crippen LogP contribution in [0.3, 0.4) is 0 Å². The number of morpholine rings is 1. The van der Waals surface area contributed by atoms with Crippen molar-refractivity contribution in [1.82, 2.24) is 4.31 Å². The Kier molecular flexibility index (Phi) is 7.69. The summed E-state index contributed by atoms with van der Waals surface area (Å²) in [6, 6.07) is 14.3. The summed E-state index contributed by atoms with van der Waals surface area (Å²) in [5.41, 5.74) is 1.35. The molecule has 2 aromatic carbocycles. The number of carbonyl (C=O) groups is 1. The molecule has 1 fully saturated rings. The van der Waals surface area contributed by atoms with Crippen LogP contribution >= 0.6 is 0 Å². The van der Waals surface area contributed by atoms with E-state index in [-0.39, 0.29) is 41.5 Å². The zero-order valence-corrected chi connectivity index (χ0v) is 19.0. The molecule has 0 bridgehead atoms. The first-order valence-electron chi connectivity index (χ1n) is 10.5. The lowest BCUT2D eigenvalue weighted by Gasteiger charge is -2.27. The molecule has 0 aromatic heterocycles. The van der Waals surface area contributed by atoms with Gasteiger partial charge in [-0.15, -0.1) is 0 Å². The fraction of sp³-hybridized carbons (Fsp3) is 0.435. The van der Waals surface area contributed by atoms with Gasteiger partial charge in [-0.05, 0) is 29.7 Å². The minimum atomic E-state index is -3.78. The molecule has 0 saturated carbocycles. The number of hydrogen-bond donors (Lipinski definition) is 1. The molecule has 7 nitrogen and oxygen atoms in total. The molecule has 1 heterocycles. The minimum Gasteiger partial charge on any atom is -0.495 e. The highest BCUT2D eigenvalue weighted by molar-refractivity contribution is 7.89. The molecule has 1 aliphatic rings. The van der Waals surface area contributed by atoms with E-state index in [2.05, 4.69) is 5.32 Å². The van der Waals surface area contributed by atoms with Gasteiger partial charge in [-0.3, -0.25) is 4.79 Å². The average molecular weight is 447 g/mol. The molecule has 1 N–H and O–H groups in total. The van der Waals surface area contributed by atoms with Crippen molar-refractivity contribution in [2.24, 2.45) is 5.92 Å². The van der Waals surface area contributed by atoms with Gasteiger partial charge in [0.2, 0.25) is 15.9 Å². The highest BCUT2D eigenvalue weighted by Crippen LogP contribution is 2.32. The summed E-state index contributed by atoms with van der Waals surface area (Å²) in [6.45, 7) is 5.36. The summed E-state index contributed by atoms with van der Waals surface area (Å²) in [5, 5.41) is 2.92. The zero-order chi connectivity index (χ0) is 22.4. The first-order valence-corrected chi connectivity index (χ1v) is 11.9. The normalized spacial score (nSPS) is 17.0. The fourth-order valence-corrected chi connectivity index (χ4v) is 5.33. The van der Waals surface area contributed by atoms with Crippen molar-refractivity contribution in [3.8, 4) is 5.75 Å². The maximum absolute atomic E-state index is 13.2. The van der Waals surface area contributed by atoms with Gasteiger partial charge in [-0.25, -0.2) is 8.42 Å². The van der Waals surface area contributed by atoms with Crippen LogP contribution in [-0.4, -0.2) is 52.0 Å². The molecule has 1 saturated heterocycles. The maximum atomic E-state index is 13.2. The van der Waals surface area contributed by atoms with E-state index >= 15 is 0 Å². The molecule has 0 radical (unpaired) electrons. The van der Waals surface area contributed by atoms with E-state index in [1.165, 1.54) is 17.5 Å². The van der Waals surface area contributed by atoms with Crippen LogP contribution in [0.4, 0.5) is 5.69 Å². The predicted molar refractivity (Wildman–Crippen MR) is 120 cm³/mol. The number of nitrogens with zero attached hydrogens (tertiary/aromatic N) is 1. The third-order valence-corrected chi connectivity index (χ3v) is 7.59. The number of methoxy groups -OCH3 is 1. The molecule has 2 atom stereocenters. The van der Waals surface area contributed by atoms with Crippen LogP contribution in [0.25, 0.3) is 0 Å². The van der Waals surface area contributed by atoms with E-state index in [1.807, 2.05) is 44.2 Å². The Balaban J connectivity index is 1.91. The Morgan fingerprint density at radius 3 is 2.45 bits per heavy atom. The smallest absolute Gasteiger partial charge is 0.246 e. The summed E-state index contributed by atoms with van der Waals surface area (Å²) in [7, 11) is -2.35. The lowest BCUT2D eigenvalue weighted by Crippen LogP contribution is -2.40. The number of benzene rings is 2. The number of ether oxygens (including phenoxy) is 2. The van der Waals surface area contributed by atoms with Crippen LogP contribution < -0.4 is 10.1 Å². The zero-order valence-electron chi connectivity index (χ0n) is 18.2. The fourth-order valence-electron chi connectivity index (χ4n) is 3.74. The minimum absolute atomic E-state index is 0.0366. The van der Waals surface area contributed by atoms with Crippen molar-refractivity contribution in [1.29, 1.82) is 0 Å². The predicted octanol–water partition coefficient (Wildman–Crippen LogP) is 3.48. The van der Waals surface area contributed by atoms with Gasteiger partial charge in [-0.1, -0.05) is 50.6 Å². The Morgan fingerprint density at radius 2 is 1.84 bits per heavy atom. The van der Waals surface area contributed by atoms with Crippen LogP contribution in [0.2, 0.25) is 0 Å². The summed E-state index contributed by atoms with van der Waals surface area (Å²) in [5.74, 6) is -0.142. The van der Waals surface area contributed by atoms with Crippen molar-refractivity contribution in [3.63, 3.8) is 0 Å². The quantitative estimate of drug-likeness (QED) is 0.671. The van der Waals surface area contributed by atoms with Crippen molar-refractivity contribution in [3.05, 3.63) is 54.1 Å². The van der Waals surface area contributed by atoms with Crippen LogP contribution in [0.1, 0.15) is 31.7 Å². The van der Waals surface area contributed by atoms with Crippen LogP contribution in [0, 0.1) is 5.92 Å². The molecule has 0 aliphatic carbocycles. The van der Waals surface area contributed by atoms with Crippen LogP contribution in [-0.2, 0) is 19.6 Å². The van der Waals surface area contributed by atoms with Gasteiger partial charge in [-0.2, -0.15) is 4.31 Å². The highest BCUT2D eigenvalue weighted by Gasteiger charge is 2.30. The average Bonchev–Trinajstić information content (AvgIpc) is 2.80. The molecule has 8 heteroatoms. The Hall–Kier alpha value is -2.42. The maximum Gasteiger partial charge on any atom is 0.246 e. The van der Waals surface area contributed by atoms with Crippen molar-refractivity contribution >= 4 is 21.6 Å². The molecule has 2 aromatic rings. The molecule has 0 unspecified atom stereocenters. The number of amides is 1. The summed E-state index contributed by atoms with van der Waals surface area (Å²) in [4.78, 5) is 13.2. The Bertz CT molecular complexity index is 988. The second-order valence-corrected chi connectivity index (χ2v) is 9.55. The van der Waals surface area contributed by atoms with E-state index in [0.29, 0.717) is 18.9 Å². The molecule has 31 heavy (non-hydrogen) atoms. The molecule has 1 aliphatic heterocycles. The lowest BCUT2D eigenvalue weighted by atomic mass is 9.85. The monoisotopic (exact) mass is 446 g/mol. The standard InChI is InChI=1S/C23H30N2O5S/c1-4-17(2)22(18-8-6-5-7-9-18)23(26)24-19-10-11-20(29-3)21(16-19)31(27,28)25-12-14-30-15-13-25/h5-11,16-17,22H,4,12-15H2,1-3H3,(H,24,26)/t17-,22+/m1/s1. The molecule has 3 rings (SSSR count). The second kappa shape index (κ2) is 10.3. The van der Waals surface area contributed by atoms with E-state index in [1.54, 1.807) is 12.1 Å². The van der Waals surface area contributed by atoms with Crippen molar-refractivity contribution < 1.29 is 22.7 Å². The number of sulfonamides is 1. The number of hydrogen-bond acceptors (Lipinski definition) is 5. The van der Waals surface area contributed by atoms with Gasteiger partial charge in [0.1, 0.15) is 10.6 Å². The van der Waals surface area contributed by atoms with E-state index < -0.39 is 10.0 Å². The molecule has 1 amide bonds. The third kappa shape index (κ3) is 5.26. The van der Waals surface area contributed by atoms with Crippen LogP contribution in [0.15, 0.2) is 53.4 Å². The largest absolute Gasteiger partial charge is 0.495 e. The third-order valence-electron chi connectivity index (χ3n) is 5.67. The summed E-state index contributed by atoms with van der Waals surface area (Å²) in [6.07, 6.45) is 0.840. The summed E-state index contributed by atoms with van der Waals surface area (Å²) < 4.78 is 38.3. The first kappa shape index (κ1) is 23.2. The molecule has 168 valence electrons. The SMILES string of the molecule is CC[C@@H](C)[C@H](C(=O)Nc1ccc(OC)c(S(=O)(=O)N2CCOCC2)c1)c1ccccc1. The van der Waals surface area contributed by atoms with Gasteiger partial charge in [0.15, 0.2) is 0 Å². The van der Waals surface area contributed by atoms with Crippen molar-refractivity contribution in [2.75, 3.05) is 38.7 Å². The van der Waals surface area contributed by atoms with Gasteiger partial charge < -0.3 is 14.8 Å². The lowest BCUT2D eigenvalue weighted by molar-refractivity contribution is -0.118. The van der Waals surface area contributed by atoms with Gasteiger partial charge in [0, 0.05) is 18.8 Å². The number of nitrogens with one attached hydrogen (secondary N) is 1. The van der Waals surface area contributed by atoms with Gasteiger partial charge in [0.05, 0.1) is 26.2 Å². The summed E-state index contributed by atoms with van der Waals surface area (Å²) >= 11 is 0. The number of rotatable bonds is 8. The second-order valence-electron chi connectivity index (χ2n) is 7.65. The number of carbonyl (C=O) groups excluding carboxylic acids is 1. The van der Waals surface area contributed by atoms with Crippen LogP contribution in [0.5, 0.6) is 5.75 Å². The van der Waals surface area contributed by atoms with Gasteiger partial charge in [0.25, 0.3) is 0 Å².